The largest absolute Gasteiger partial charge is 4.00 e. The molecular formula is C34H45Cl2SiTi. The maximum Gasteiger partial charge on any atom is 4.00 e. The van der Waals surface area contributed by atoms with Crippen molar-refractivity contribution in [2.75, 3.05) is 0 Å². The van der Waals surface area contributed by atoms with Crippen molar-refractivity contribution in [1.82, 2.24) is 0 Å². The van der Waals surface area contributed by atoms with Crippen molar-refractivity contribution >= 4 is 9.52 Å². The summed E-state index contributed by atoms with van der Waals surface area (Å²) in [6, 6.07) is 30.5. The molecule has 0 aliphatic carbocycles. The zero-order valence-electron chi connectivity index (χ0n) is 24.9. The molecule has 0 nitrogen and oxygen atoms in total. The summed E-state index contributed by atoms with van der Waals surface area (Å²) in [5.74, 6) is 0. The first-order chi connectivity index (χ1) is 16.4. The van der Waals surface area contributed by atoms with E-state index in [4.69, 9.17) is 0 Å². The minimum atomic E-state index is 0. The van der Waals surface area contributed by atoms with Crippen molar-refractivity contribution in [2.24, 2.45) is 0 Å². The van der Waals surface area contributed by atoms with E-state index in [1.807, 2.05) is 0 Å². The van der Waals surface area contributed by atoms with Gasteiger partial charge < -0.3 is 24.8 Å². The smallest absolute Gasteiger partial charge is 1.00 e. The van der Waals surface area contributed by atoms with E-state index in [0.717, 1.165) is 9.52 Å². The molecule has 0 N–H and O–H groups in total. The SMILES string of the molecule is C[SiH]C.Cc1[cH-]c(C(C)(C)C)cc1-c1ccccc1.Cc1[cH-]c(C(C)(C)C)cc1-c1ccccc1.[Cl-].[Cl-].[Ti+4]. The Bertz CT molecular complexity index is 1070. The Morgan fingerprint density at radius 3 is 1.03 bits per heavy atom. The Kier molecular flexibility index (Phi) is 17.7. The van der Waals surface area contributed by atoms with E-state index in [9.17, 15) is 0 Å². The van der Waals surface area contributed by atoms with Crippen molar-refractivity contribution in [1.29, 1.82) is 0 Å². The number of aryl methyl sites for hydroxylation is 2. The molecule has 0 fully saturated rings. The van der Waals surface area contributed by atoms with E-state index in [0.29, 0.717) is 0 Å². The Hall–Kier alpha value is -1.35. The van der Waals surface area contributed by atoms with E-state index >= 15 is 0 Å². The van der Waals surface area contributed by atoms with Gasteiger partial charge in [0.2, 0.25) is 0 Å². The number of rotatable bonds is 2. The van der Waals surface area contributed by atoms with E-state index in [2.05, 4.69) is 153 Å². The fourth-order valence-electron chi connectivity index (χ4n) is 3.97. The maximum atomic E-state index is 2.32. The summed E-state index contributed by atoms with van der Waals surface area (Å²) in [5.41, 5.74) is 11.4. The average Bonchev–Trinajstić information content (AvgIpc) is 3.39. The number of hydrogen-bond donors (Lipinski definition) is 0. The number of benzene rings is 2. The molecule has 38 heavy (non-hydrogen) atoms. The first kappa shape index (κ1) is 38.8. The topological polar surface area (TPSA) is 0 Å². The van der Waals surface area contributed by atoms with Crippen LogP contribution in [0.2, 0.25) is 13.1 Å². The van der Waals surface area contributed by atoms with Gasteiger partial charge in [-0.2, -0.15) is 45.5 Å². The maximum absolute atomic E-state index is 2.32. The second kappa shape index (κ2) is 17.4. The molecule has 4 heteroatoms. The summed E-state index contributed by atoms with van der Waals surface area (Å²) < 4.78 is 0. The zero-order valence-corrected chi connectivity index (χ0v) is 29.1. The van der Waals surface area contributed by atoms with Crippen LogP contribution in [-0.2, 0) is 32.5 Å². The quantitative estimate of drug-likeness (QED) is 0.242. The summed E-state index contributed by atoms with van der Waals surface area (Å²) in [6.07, 6.45) is 0. The van der Waals surface area contributed by atoms with Crippen LogP contribution in [0, 0.1) is 13.8 Å². The molecule has 0 unspecified atom stereocenters. The van der Waals surface area contributed by atoms with Gasteiger partial charge in [0, 0.05) is 9.52 Å². The summed E-state index contributed by atoms with van der Waals surface area (Å²) in [6.45, 7) is 22.4. The Morgan fingerprint density at radius 1 is 0.553 bits per heavy atom. The van der Waals surface area contributed by atoms with Crippen LogP contribution >= 0.6 is 0 Å². The molecule has 1 radical (unpaired) electrons. The fourth-order valence-corrected chi connectivity index (χ4v) is 3.97. The summed E-state index contributed by atoms with van der Waals surface area (Å²) in [4.78, 5) is 0. The Morgan fingerprint density at radius 2 is 0.816 bits per heavy atom. The Balaban J connectivity index is 0. The fraction of sp³-hybridized carbons (Fsp3) is 0.353. The molecule has 0 atom stereocenters. The monoisotopic (exact) mass is 599 g/mol. The molecule has 0 aromatic heterocycles. The molecule has 0 saturated carbocycles. The molecule has 4 aromatic carbocycles. The standard InChI is InChI=1S/2C16H19.C2H7Si.2ClH.Ti/c2*1-12-10-14(16(2,3)4)11-15(12)13-8-6-5-7-9-13;1-3-2;;;/h2*5-11H,1-4H3;3H,1-2H3;2*1H;/q2*-1;;;;+4/p-2. The van der Waals surface area contributed by atoms with Crippen LogP contribution in [-0.4, -0.2) is 9.52 Å². The summed E-state index contributed by atoms with van der Waals surface area (Å²) >= 11 is 0. The van der Waals surface area contributed by atoms with E-state index in [1.54, 1.807) is 0 Å². The first-order valence-corrected chi connectivity index (χ1v) is 15.1. The van der Waals surface area contributed by atoms with E-state index in [1.165, 1.54) is 44.5 Å². The predicted octanol–water partition coefficient (Wildman–Crippen LogP) is 3.88. The van der Waals surface area contributed by atoms with Crippen molar-refractivity contribution in [3.63, 3.8) is 0 Å². The zero-order chi connectivity index (χ0) is 26.2. The third-order valence-electron chi connectivity index (χ3n) is 6.10. The predicted molar refractivity (Wildman–Crippen MR) is 161 cm³/mol. The summed E-state index contributed by atoms with van der Waals surface area (Å²) in [5, 5.41) is 0. The molecular weight excluding hydrogens is 555 g/mol. The minimum absolute atomic E-state index is 0. The Labute approximate surface area is 263 Å². The number of hydrogen-bond acceptors (Lipinski definition) is 0. The molecule has 4 aromatic rings. The third kappa shape index (κ3) is 11.4. The van der Waals surface area contributed by atoms with Crippen LogP contribution in [0.15, 0.2) is 84.9 Å². The molecule has 203 valence electrons. The van der Waals surface area contributed by atoms with Crippen LogP contribution < -0.4 is 24.8 Å². The second-order valence-corrected chi connectivity index (χ2v) is 12.6. The van der Waals surface area contributed by atoms with Crippen molar-refractivity contribution in [3.05, 3.63) is 107 Å². The molecule has 0 spiro atoms. The van der Waals surface area contributed by atoms with Gasteiger partial charge in [-0.15, -0.1) is 0 Å². The van der Waals surface area contributed by atoms with Gasteiger partial charge in [-0.3, -0.25) is 0 Å². The molecule has 0 amide bonds. The molecule has 0 aliphatic heterocycles. The molecule has 4 rings (SSSR count). The normalized spacial score (nSPS) is 10.4. The van der Waals surface area contributed by atoms with Crippen LogP contribution in [0.3, 0.4) is 0 Å². The van der Waals surface area contributed by atoms with Crippen LogP contribution in [0.1, 0.15) is 63.8 Å². The molecule has 0 aliphatic rings. The third-order valence-corrected chi connectivity index (χ3v) is 6.10. The first-order valence-electron chi connectivity index (χ1n) is 12.8. The van der Waals surface area contributed by atoms with Crippen LogP contribution in [0.5, 0.6) is 0 Å². The van der Waals surface area contributed by atoms with Crippen LogP contribution in [0.25, 0.3) is 22.3 Å². The van der Waals surface area contributed by atoms with E-state index in [-0.39, 0.29) is 57.4 Å². The van der Waals surface area contributed by atoms with Gasteiger partial charge in [-0.05, 0) is 10.8 Å². The van der Waals surface area contributed by atoms with Gasteiger partial charge >= 0.3 is 21.7 Å². The molecule has 0 heterocycles. The summed E-state index contributed by atoms with van der Waals surface area (Å²) in [7, 11) is 0.750. The number of halogens is 2. The van der Waals surface area contributed by atoms with Crippen molar-refractivity contribution in [2.45, 2.75) is 79.3 Å². The average molecular weight is 601 g/mol. The van der Waals surface area contributed by atoms with Gasteiger partial charge in [-0.25, -0.2) is 12.1 Å². The van der Waals surface area contributed by atoms with Crippen molar-refractivity contribution in [3.8, 4) is 22.3 Å². The molecule has 0 bridgehead atoms. The van der Waals surface area contributed by atoms with E-state index < -0.39 is 0 Å². The van der Waals surface area contributed by atoms with Gasteiger partial charge in [0.1, 0.15) is 0 Å². The van der Waals surface area contributed by atoms with Gasteiger partial charge in [0.25, 0.3) is 0 Å². The van der Waals surface area contributed by atoms with Gasteiger partial charge in [0.05, 0.1) is 0 Å². The van der Waals surface area contributed by atoms with Gasteiger partial charge in [0.15, 0.2) is 0 Å². The second-order valence-electron chi connectivity index (χ2n) is 11.5. The van der Waals surface area contributed by atoms with Crippen LogP contribution in [0.4, 0.5) is 0 Å². The minimum Gasteiger partial charge on any atom is -1.00 e. The van der Waals surface area contributed by atoms with Gasteiger partial charge in [-0.1, -0.05) is 140 Å². The molecule has 0 saturated heterocycles. The van der Waals surface area contributed by atoms with Crippen molar-refractivity contribution < 1.29 is 46.5 Å².